The SMILES string of the molecule is CN=C(NCc1ccccn1)NCC1(NC(C)c2ccccc2)CCCC1.I. The van der Waals surface area contributed by atoms with Crippen LogP contribution in [0.4, 0.5) is 0 Å². The van der Waals surface area contributed by atoms with Crippen molar-refractivity contribution in [3.8, 4) is 0 Å². The van der Waals surface area contributed by atoms with Gasteiger partial charge >= 0.3 is 0 Å². The molecule has 5 nitrogen and oxygen atoms in total. The Bertz CT molecular complexity index is 714. The molecule has 0 spiro atoms. The molecule has 1 aliphatic carbocycles. The first-order valence-corrected chi connectivity index (χ1v) is 9.88. The molecule has 1 atom stereocenters. The van der Waals surface area contributed by atoms with Crippen LogP contribution in [0.3, 0.4) is 0 Å². The van der Waals surface area contributed by atoms with E-state index in [9.17, 15) is 0 Å². The van der Waals surface area contributed by atoms with E-state index < -0.39 is 0 Å². The zero-order valence-corrected chi connectivity index (χ0v) is 19.1. The van der Waals surface area contributed by atoms with Crippen LogP contribution in [0.15, 0.2) is 59.7 Å². The Labute approximate surface area is 185 Å². The molecule has 1 heterocycles. The summed E-state index contributed by atoms with van der Waals surface area (Å²) in [5, 5.41) is 10.8. The third-order valence-corrected chi connectivity index (χ3v) is 5.36. The van der Waals surface area contributed by atoms with Crippen molar-refractivity contribution in [1.29, 1.82) is 0 Å². The molecule has 1 saturated carbocycles. The van der Waals surface area contributed by atoms with E-state index in [1.165, 1.54) is 31.2 Å². The molecular weight excluding hydrogens is 461 g/mol. The lowest BCUT2D eigenvalue weighted by atomic mass is 9.94. The van der Waals surface area contributed by atoms with Crippen molar-refractivity contribution >= 4 is 29.9 Å². The highest BCUT2D eigenvalue weighted by Crippen LogP contribution is 2.31. The summed E-state index contributed by atoms with van der Waals surface area (Å²) in [4.78, 5) is 8.72. The van der Waals surface area contributed by atoms with Crippen molar-refractivity contribution in [3.63, 3.8) is 0 Å². The van der Waals surface area contributed by atoms with Crippen LogP contribution < -0.4 is 16.0 Å². The van der Waals surface area contributed by atoms with Crippen molar-refractivity contribution in [2.75, 3.05) is 13.6 Å². The molecule has 0 amide bonds. The summed E-state index contributed by atoms with van der Waals surface area (Å²) in [6, 6.07) is 17.0. The fraction of sp³-hybridized carbons (Fsp3) is 0.455. The number of hydrogen-bond donors (Lipinski definition) is 3. The molecule has 0 aliphatic heterocycles. The smallest absolute Gasteiger partial charge is 0.191 e. The molecule has 1 unspecified atom stereocenters. The number of halogens is 1. The van der Waals surface area contributed by atoms with Gasteiger partial charge in [-0.2, -0.15) is 0 Å². The van der Waals surface area contributed by atoms with Crippen molar-refractivity contribution in [3.05, 3.63) is 66.0 Å². The topological polar surface area (TPSA) is 61.3 Å². The van der Waals surface area contributed by atoms with Crippen LogP contribution in [0.25, 0.3) is 0 Å². The van der Waals surface area contributed by atoms with Crippen LogP contribution in [0, 0.1) is 0 Å². The molecule has 3 N–H and O–H groups in total. The Kier molecular flexibility index (Phi) is 9.18. The number of hydrogen-bond acceptors (Lipinski definition) is 3. The van der Waals surface area contributed by atoms with Gasteiger partial charge in [-0.15, -0.1) is 24.0 Å². The first-order valence-electron chi connectivity index (χ1n) is 9.88. The average Bonchev–Trinajstić information content (AvgIpc) is 3.18. The van der Waals surface area contributed by atoms with Gasteiger partial charge in [0.15, 0.2) is 5.96 Å². The van der Waals surface area contributed by atoms with Crippen molar-refractivity contribution in [2.45, 2.75) is 50.7 Å². The zero-order valence-electron chi connectivity index (χ0n) is 16.8. The zero-order chi connectivity index (χ0) is 19.0. The van der Waals surface area contributed by atoms with Crippen molar-refractivity contribution < 1.29 is 0 Å². The van der Waals surface area contributed by atoms with E-state index >= 15 is 0 Å². The van der Waals surface area contributed by atoms with Crippen LogP contribution in [0.5, 0.6) is 0 Å². The lowest BCUT2D eigenvalue weighted by Crippen LogP contribution is -2.54. The van der Waals surface area contributed by atoms with Crippen LogP contribution in [0.1, 0.15) is 49.9 Å². The number of aliphatic imine (C=N–C) groups is 1. The number of nitrogens with one attached hydrogen (secondary N) is 3. The molecule has 0 radical (unpaired) electrons. The predicted octanol–water partition coefficient (Wildman–Crippen LogP) is 4.03. The average molecular weight is 493 g/mol. The fourth-order valence-corrected chi connectivity index (χ4v) is 3.86. The minimum Gasteiger partial charge on any atom is -0.355 e. The van der Waals surface area contributed by atoms with Gasteiger partial charge < -0.3 is 16.0 Å². The maximum Gasteiger partial charge on any atom is 0.191 e. The third-order valence-electron chi connectivity index (χ3n) is 5.36. The first kappa shape index (κ1) is 22.6. The summed E-state index contributed by atoms with van der Waals surface area (Å²) in [6.07, 6.45) is 6.74. The summed E-state index contributed by atoms with van der Waals surface area (Å²) in [5.41, 5.74) is 2.45. The van der Waals surface area contributed by atoms with Gasteiger partial charge in [0, 0.05) is 31.4 Å². The maximum atomic E-state index is 4.37. The second kappa shape index (κ2) is 11.4. The van der Waals surface area contributed by atoms with E-state index in [-0.39, 0.29) is 29.5 Å². The monoisotopic (exact) mass is 493 g/mol. The lowest BCUT2D eigenvalue weighted by Gasteiger charge is -2.35. The normalized spacial score (nSPS) is 16.9. The third kappa shape index (κ3) is 6.44. The Balaban J connectivity index is 0.00000280. The molecule has 2 aromatic rings. The molecule has 3 rings (SSSR count). The standard InChI is InChI=1S/C22H31N5.HI/c1-18(19-10-4-3-5-11-19)27-22(13-7-8-14-22)17-26-21(23-2)25-16-20-12-6-9-15-24-20;/h3-6,9-12,15,18,27H,7-8,13-14,16-17H2,1-2H3,(H2,23,25,26);1H. The number of rotatable bonds is 7. The molecule has 1 fully saturated rings. The van der Waals surface area contributed by atoms with Crippen LogP contribution >= 0.6 is 24.0 Å². The molecule has 28 heavy (non-hydrogen) atoms. The van der Waals surface area contributed by atoms with Crippen molar-refractivity contribution in [1.82, 2.24) is 20.9 Å². The highest BCUT2D eigenvalue weighted by molar-refractivity contribution is 14.0. The second-order valence-electron chi connectivity index (χ2n) is 7.36. The molecule has 0 bridgehead atoms. The van der Waals surface area contributed by atoms with E-state index in [4.69, 9.17) is 0 Å². The Morgan fingerprint density at radius 2 is 1.79 bits per heavy atom. The van der Waals surface area contributed by atoms with Crippen LogP contribution in [0.2, 0.25) is 0 Å². The van der Waals surface area contributed by atoms with E-state index in [1.54, 1.807) is 0 Å². The number of benzene rings is 1. The molecular formula is C22H32IN5. The lowest BCUT2D eigenvalue weighted by molar-refractivity contribution is 0.297. The van der Waals surface area contributed by atoms with Gasteiger partial charge in [0.2, 0.25) is 0 Å². The van der Waals surface area contributed by atoms with Crippen molar-refractivity contribution in [2.24, 2.45) is 4.99 Å². The first-order chi connectivity index (χ1) is 13.2. The fourth-order valence-electron chi connectivity index (χ4n) is 3.86. The molecule has 1 aromatic carbocycles. The minimum absolute atomic E-state index is 0. The van der Waals surface area contributed by atoms with Crippen LogP contribution in [-0.4, -0.2) is 30.1 Å². The van der Waals surface area contributed by atoms with Gasteiger partial charge in [0.05, 0.1) is 12.2 Å². The number of aromatic nitrogens is 1. The van der Waals surface area contributed by atoms with Gasteiger partial charge in [-0.1, -0.05) is 49.2 Å². The van der Waals surface area contributed by atoms with Gasteiger partial charge in [0.25, 0.3) is 0 Å². The molecule has 1 aromatic heterocycles. The number of guanidine groups is 1. The summed E-state index contributed by atoms with van der Waals surface area (Å²) >= 11 is 0. The minimum atomic E-state index is 0. The summed E-state index contributed by atoms with van der Waals surface area (Å²) in [5.74, 6) is 0.820. The van der Waals surface area contributed by atoms with E-state index in [0.29, 0.717) is 12.6 Å². The maximum absolute atomic E-state index is 4.37. The predicted molar refractivity (Wildman–Crippen MR) is 127 cm³/mol. The largest absolute Gasteiger partial charge is 0.355 e. The molecule has 1 aliphatic rings. The molecule has 152 valence electrons. The second-order valence-corrected chi connectivity index (χ2v) is 7.36. The summed E-state index contributed by atoms with van der Waals surface area (Å²) in [7, 11) is 1.81. The number of nitrogens with zero attached hydrogens (tertiary/aromatic N) is 2. The summed E-state index contributed by atoms with van der Waals surface area (Å²) in [6.45, 7) is 3.79. The highest BCUT2D eigenvalue weighted by Gasteiger charge is 2.35. The molecule has 6 heteroatoms. The quantitative estimate of drug-likeness (QED) is 0.310. The number of pyridine rings is 1. The highest BCUT2D eigenvalue weighted by atomic mass is 127. The van der Waals surface area contributed by atoms with E-state index in [2.05, 4.69) is 63.2 Å². The summed E-state index contributed by atoms with van der Waals surface area (Å²) < 4.78 is 0. The van der Waals surface area contributed by atoms with Gasteiger partial charge in [-0.3, -0.25) is 9.98 Å². The van der Waals surface area contributed by atoms with E-state index in [0.717, 1.165) is 18.2 Å². The van der Waals surface area contributed by atoms with Gasteiger partial charge in [-0.05, 0) is 37.5 Å². The van der Waals surface area contributed by atoms with E-state index in [1.807, 2.05) is 31.4 Å². The van der Waals surface area contributed by atoms with Crippen LogP contribution in [-0.2, 0) is 6.54 Å². The molecule has 0 saturated heterocycles. The van der Waals surface area contributed by atoms with Gasteiger partial charge in [0.1, 0.15) is 0 Å². The Hall–Kier alpha value is -1.67. The Morgan fingerprint density at radius 3 is 2.43 bits per heavy atom. The van der Waals surface area contributed by atoms with Gasteiger partial charge in [-0.25, -0.2) is 0 Å². The Morgan fingerprint density at radius 1 is 1.07 bits per heavy atom.